The molecule has 80 valence electrons. The Morgan fingerprint density at radius 3 is 2.80 bits per heavy atom. The van der Waals surface area contributed by atoms with Gasteiger partial charge in [-0.2, -0.15) is 0 Å². The van der Waals surface area contributed by atoms with Gasteiger partial charge in [0.15, 0.2) is 5.78 Å². The molecule has 0 radical (unpaired) electrons. The molecular formula is C12H15NOS. The fourth-order valence-electron chi connectivity index (χ4n) is 1.74. The third-order valence-electron chi connectivity index (χ3n) is 2.59. The molecular weight excluding hydrogens is 206 g/mol. The molecule has 0 saturated carbocycles. The monoisotopic (exact) mass is 221 g/mol. The summed E-state index contributed by atoms with van der Waals surface area (Å²) in [5, 5.41) is 1.93. The maximum Gasteiger partial charge on any atom is 0.197 e. The van der Waals surface area contributed by atoms with Gasteiger partial charge in [0.2, 0.25) is 0 Å². The van der Waals surface area contributed by atoms with Crippen LogP contribution in [0.5, 0.6) is 0 Å². The molecule has 1 aromatic heterocycles. The number of hydrogen-bond acceptors (Lipinski definition) is 3. The number of thiophene rings is 1. The van der Waals surface area contributed by atoms with Crippen molar-refractivity contribution in [3.63, 3.8) is 0 Å². The lowest BCUT2D eigenvalue weighted by Crippen LogP contribution is -2.24. The zero-order valence-electron chi connectivity index (χ0n) is 8.69. The van der Waals surface area contributed by atoms with Crippen molar-refractivity contribution in [3.05, 3.63) is 34.7 Å². The van der Waals surface area contributed by atoms with Crippen molar-refractivity contribution in [1.82, 2.24) is 4.90 Å². The van der Waals surface area contributed by atoms with Gasteiger partial charge in [-0.05, 0) is 30.7 Å². The van der Waals surface area contributed by atoms with Crippen molar-refractivity contribution in [2.75, 3.05) is 13.1 Å². The van der Waals surface area contributed by atoms with Crippen LogP contribution in [0.2, 0.25) is 0 Å². The van der Waals surface area contributed by atoms with Crippen LogP contribution >= 0.6 is 11.3 Å². The van der Waals surface area contributed by atoms with Crippen molar-refractivity contribution in [2.45, 2.75) is 19.3 Å². The second kappa shape index (κ2) is 5.12. The maximum absolute atomic E-state index is 11.6. The second-order valence-corrected chi connectivity index (χ2v) is 4.70. The highest BCUT2D eigenvalue weighted by atomic mass is 32.1. The van der Waals surface area contributed by atoms with E-state index in [0.29, 0.717) is 0 Å². The van der Waals surface area contributed by atoms with Crippen LogP contribution in [0.15, 0.2) is 29.8 Å². The Morgan fingerprint density at radius 2 is 2.13 bits per heavy atom. The first kappa shape index (κ1) is 10.4. The van der Waals surface area contributed by atoms with E-state index in [1.807, 2.05) is 23.7 Å². The van der Waals surface area contributed by atoms with Gasteiger partial charge in [-0.25, -0.2) is 0 Å². The van der Waals surface area contributed by atoms with Gasteiger partial charge >= 0.3 is 0 Å². The minimum Gasteiger partial charge on any atom is -0.377 e. The van der Waals surface area contributed by atoms with Crippen molar-refractivity contribution < 1.29 is 4.79 Å². The average molecular weight is 221 g/mol. The lowest BCUT2D eigenvalue weighted by atomic mass is 10.1. The molecule has 0 bridgehead atoms. The normalized spacial score (nSPS) is 17.2. The van der Waals surface area contributed by atoms with Crippen LogP contribution in [0, 0.1) is 0 Å². The van der Waals surface area contributed by atoms with E-state index in [9.17, 15) is 4.79 Å². The zero-order valence-corrected chi connectivity index (χ0v) is 9.50. The first-order valence-electron chi connectivity index (χ1n) is 5.36. The van der Waals surface area contributed by atoms with Gasteiger partial charge < -0.3 is 4.90 Å². The lowest BCUT2D eigenvalue weighted by molar-refractivity contribution is 0.104. The third kappa shape index (κ3) is 2.93. The molecule has 1 saturated heterocycles. The summed E-state index contributed by atoms with van der Waals surface area (Å²) in [7, 11) is 0. The highest BCUT2D eigenvalue weighted by molar-refractivity contribution is 7.12. The molecule has 15 heavy (non-hydrogen) atoms. The van der Waals surface area contributed by atoms with Gasteiger partial charge in [0, 0.05) is 25.4 Å². The Bertz CT molecular complexity index is 337. The predicted octanol–water partition coefficient (Wildman–Crippen LogP) is 2.93. The molecule has 1 aromatic rings. The summed E-state index contributed by atoms with van der Waals surface area (Å²) >= 11 is 1.50. The summed E-state index contributed by atoms with van der Waals surface area (Å²) in [5.41, 5.74) is 0. The lowest BCUT2D eigenvalue weighted by Gasteiger charge is -2.24. The van der Waals surface area contributed by atoms with Crippen molar-refractivity contribution >= 4 is 17.1 Å². The molecule has 0 spiro atoms. The van der Waals surface area contributed by atoms with Crippen LogP contribution in [0.25, 0.3) is 0 Å². The number of carbonyl (C=O) groups is 1. The minimum atomic E-state index is 0.121. The Morgan fingerprint density at radius 1 is 1.33 bits per heavy atom. The van der Waals surface area contributed by atoms with Crippen LogP contribution in [0.3, 0.4) is 0 Å². The molecule has 0 N–H and O–H groups in total. The predicted molar refractivity (Wildman–Crippen MR) is 63.2 cm³/mol. The highest BCUT2D eigenvalue weighted by Crippen LogP contribution is 2.12. The van der Waals surface area contributed by atoms with Gasteiger partial charge in [-0.3, -0.25) is 4.79 Å². The molecule has 0 aromatic carbocycles. The number of ketones is 1. The van der Waals surface area contributed by atoms with Gasteiger partial charge in [-0.15, -0.1) is 11.3 Å². The Kier molecular flexibility index (Phi) is 3.56. The molecule has 2 rings (SSSR count). The van der Waals surface area contributed by atoms with E-state index < -0.39 is 0 Å². The van der Waals surface area contributed by atoms with Gasteiger partial charge in [-0.1, -0.05) is 6.07 Å². The number of rotatable bonds is 3. The summed E-state index contributed by atoms with van der Waals surface area (Å²) in [6.45, 7) is 2.18. The van der Waals surface area contributed by atoms with E-state index in [-0.39, 0.29) is 5.78 Å². The molecule has 0 aliphatic carbocycles. The van der Waals surface area contributed by atoms with Gasteiger partial charge in [0.1, 0.15) is 0 Å². The topological polar surface area (TPSA) is 20.3 Å². The Labute approximate surface area is 94.2 Å². The van der Waals surface area contributed by atoms with Gasteiger partial charge in [0.25, 0.3) is 0 Å². The first-order chi connectivity index (χ1) is 7.36. The van der Waals surface area contributed by atoms with Crippen molar-refractivity contribution in [3.8, 4) is 0 Å². The molecule has 2 heterocycles. The third-order valence-corrected chi connectivity index (χ3v) is 3.48. The smallest absolute Gasteiger partial charge is 0.197 e. The highest BCUT2D eigenvalue weighted by Gasteiger charge is 2.07. The molecule has 1 aliphatic rings. The minimum absolute atomic E-state index is 0.121. The van der Waals surface area contributed by atoms with Crippen LogP contribution < -0.4 is 0 Å². The van der Waals surface area contributed by atoms with E-state index >= 15 is 0 Å². The first-order valence-corrected chi connectivity index (χ1v) is 6.24. The number of likely N-dealkylation sites (tertiary alicyclic amines) is 1. The van der Waals surface area contributed by atoms with E-state index in [4.69, 9.17) is 0 Å². The largest absolute Gasteiger partial charge is 0.377 e. The molecule has 0 atom stereocenters. The summed E-state index contributed by atoms with van der Waals surface area (Å²) < 4.78 is 0. The SMILES string of the molecule is O=C(/C=C\N1CCCCC1)c1cccs1. The quantitative estimate of drug-likeness (QED) is 0.578. The second-order valence-electron chi connectivity index (χ2n) is 3.75. The van der Waals surface area contributed by atoms with E-state index in [1.54, 1.807) is 6.08 Å². The molecule has 0 amide bonds. The summed E-state index contributed by atoms with van der Waals surface area (Å²) in [5.74, 6) is 0.121. The van der Waals surface area contributed by atoms with Gasteiger partial charge in [0.05, 0.1) is 4.88 Å². The summed E-state index contributed by atoms with van der Waals surface area (Å²) in [6, 6.07) is 3.78. The number of nitrogens with zero attached hydrogens (tertiary/aromatic N) is 1. The van der Waals surface area contributed by atoms with Crippen molar-refractivity contribution in [1.29, 1.82) is 0 Å². The van der Waals surface area contributed by atoms with E-state index in [1.165, 1.54) is 30.6 Å². The maximum atomic E-state index is 11.6. The number of piperidine rings is 1. The van der Waals surface area contributed by atoms with Crippen LogP contribution in [-0.4, -0.2) is 23.8 Å². The van der Waals surface area contributed by atoms with Crippen LogP contribution in [0.4, 0.5) is 0 Å². The standard InChI is InChI=1S/C12H15NOS/c14-11(12-5-4-10-15-12)6-9-13-7-2-1-3-8-13/h4-6,9-10H,1-3,7-8H2/b9-6-. The summed E-state index contributed by atoms with van der Waals surface area (Å²) in [6.07, 6.45) is 7.46. The zero-order chi connectivity index (χ0) is 10.5. The Balaban J connectivity index is 1.90. The fourth-order valence-corrected chi connectivity index (χ4v) is 2.39. The molecule has 2 nitrogen and oxygen atoms in total. The Hall–Kier alpha value is -1.09. The fraction of sp³-hybridized carbons (Fsp3) is 0.417. The van der Waals surface area contributed by atoms with Crippen LogP contribution in [-0.2, 0) is 0 Å². The van der Waals surface area contributed by atoms with E-state index in [0.717, 1.165) is 18.0 Å². The number of hydrogen-bond donors (Lipinski definition) is 0. The molecule has 1 fully saturated rings. The van der Waals surface area contributed by atoms with Crippen molar-refractivity contribution in [2.24, 2.45) is 0 Å². The molecule has 0 unspecified atom stereocenters. The molecule has 1 aliphatic heterocycles. The molecule has 3 heteroatoms. The van der Waals surface area contributed by atoms with E-state index in [2.05, 4.69) is 4.90 Å². The number of carbonyl (C=O) groups excluding carboxylic acids is 1. The number of allylic oxidation sites excluding steroid dienone is 1. The average Bonchev–Trinajstić information content (AvgIpc) is 2.81. The van der Waals surface area contributed by atoms with Crippen LogP contribution in [0.1, 0.15) is 28.9 Å². The summed E-state index contributed by atoms with van der Waals surface area (Å²) in [4.78, 5) is 14.7.